The van der Waals surface area contributed by atoms with Crippen molar-refractivity contribution in [2.24, 2.45) is 11.8 Å². The zero-order chi connectivity index (χ0) is 19.9. The summed E-state index contributed by atoms with van der Waals surface area (Å²) in [5, 5.41) is 15.3. The molecular formula is C20H26N4O3S. The van der Waals surface area contributed by atoms with E-state index in [1.165, 1.54) is 11.3 Å². The Morgan fingerprint density at radius 3 is 2.68 bits per heavy atom. The second-order valence-corrected chi connectivity index (χ2v) is 9.35. The van der Waals surface area contributed by atoms with Gasteiger partial charge in [0.1, 0.15) is 5.54 Å². The number of aliphatic hydroxyl groups is 1. The maximum absolute atomic E-state index is 13.1. The first-order valence-electron chi connectivity index (χ1n) is 9.66. The third-order valence-corrected chi connectivity index (χ3v) is 6.88. The highest BCUT2D eigenvalue weighted by Gasteiger charge is 2.46. The van der Waals surface area contributed by atoms with E-state index < -0.39 is 11.6 Å². The number of carbonyl (C=O) groups excluding carboxylic acids is 2. The van der Waals surface area contributed by atoms with Crippen LogP contribution in [0.5, 0.6) is 0 Å². The summed E-state index contributed by atoms with van der Waals surface area (Å²) in [4.78, 5) is 32.1. The monoisotopic (exact) mass is 402 g/mol. The summed E-state index contributed by atoms with van der Waals surface area (Å²) < 4.78 is 1.97. The van der Waals surface area contributed by atoms with Gasteiger partial charge in [-0.25, -0.2) is 4.98 Å². The van der Waals surface area contributed by atoms with Crippen molar-refractivity contribution in [1.29, 1.82) is 0 Å². The summed E-state index contributed by atoms with van der Waals surface area (Å²) in [6, 6.07) is 3.58. The molecule has 4 atom stereocenters. The fourth-order valence-corrected chi connectivity index (χ4v) is 5.18. The van der Waals surface area contributed by atoms with Gasteiger partial charge in [0.2, 0.25) is 5.91 Å². The molecule has 1 saturated carbocycles. The first-order chi connectivity index (χ1) is 13.3. The number of rotatable bonds is 4. The first-order valence-corrected chi connectivity index (χ1v) is 10.5. The number of hydrogen-bond donors (Lipinski definition) is 2. The van der Waals surface area contributed by atoms with Crippen LogP contribution >= 0.6 is 11.3 Å². The zero-order valence-electron chi connectivity index (χ0n) is 16.1. The summed E-state index contributed by atoms with van der Waals surface area (Å²) in [6.07, 6.45) is 6.43. The molecule has 1 aliphatic carbocycles. The van der Waals surface area contributed by atoms with Crippen LogP contribution in [-0.2, 0) is 4.79 Å². The minimum atomic E-state index is -0.975. The van der Waals surface area contributed by atoms with E-state index in [0.29, 0.717) is 36.2 Å². The predicted octanol–water partition coefficient (Wildman–Crippen LogP) is 1.92. The Morgan fingerprint density at radius 2 is 2.04 bits per heavy atom. The molecule has 150 valence electrons. The van der Waals surface area contributed by atoms with E-state index in [1.807, 2.05) is 27.1 Å². The van der Waals surface area contributed by atoms with Gasteiger partial charge in [-0.3, -0.25) is 9.59 Å². The van der Waals surface area contributed by atoms with Crippen molar-refractivity contribution in [2.45, 2.75) is 44.4 Å². The molecule has 2 aromatic rings. The lowest BCUT2D eigenvalue weighted by Crippen LogP contribution is -2.55. The van der Waals surface area contributed by atoms with E-state index in [0.717, 1.165) is 6.42 Å². The largest absolute Gasteiger partial charge is 0.391 e. The van der Waals surface area contributed by atoms with E-state index in [4.69, 9.17) is 0 Å². The van der Waals surface area contributed by atoms with Crippen LogP contribution in [0.15, 0.2) is 36.2 Å². The van der Waals surface area contributed by atoms with Crippen LogP contribution in [0.4, 0.5) is 0 Å². The average molecular weight is 403 g/mol. The van der Waals surface area contributed by atoms with Crippen LogP contribution in [0, 0.1) is 11.8 Å². The lowest BCUT2D eigenvalue weighted by atomic mass is 9.77. The Bertz CT molecular complexity index is 834. The third kappa shape index (κ3) is 3.58. The van der Waals surface area contributed by atoms with Crippen LogP contribution in [0.2, 0.25) is 0 Å². The van der Waals surface area contributed by atoms with Crippen LogP contribution in [-0.4, -0.2) is 56.1 Å². The van der Waals surface area contributed by atoms with Crippen molar-refractivity contribution >= 4 is 23.2 Å². The molecule has 8 heteroatoms. The number of carbonyl (C=O) groups is 2. The maximum atomic E-state index is 13.1. The third-order valence-electron chi connectivity index (χ3n) is 6.01. The van der Waals surface area contributed by atoms with Crippen LogP contribution in [0.1, 0.15) is 42.4 Å². The molecule has 1 saturated heterocycles. The standard InChI is InChI=1S/C20H26N4O3S/c1-20(2,22-18(26)17-4-3-7-28-17)19(27)24-10-13-8-15(23-6-5-21-12-23)16(25)9-14(13)11-24/h3-7,12-16,25H,8-11H2,1-2H3,(H,22,26)/t13-,14+,15-,16-/m1/s1. The quantitative estimate of drug-likeness (QED) is 0.818. The van der Waals surface area contributed by atoms with Gasteiger partial charge in [0.25, 0.3) is 5.91 Å². The lowest BCUT2D eigenvalue weighted by molar-refractivity contribution is -0.135. The topological polar surface area (TPSA) is 87.5 Å². The van der Waals surface area contributed by atoms with Crippen LogP contribution < -0.4 is 5.32 Å². The molecule has 2 fully saturated rings. The number of likely N-dealkylation sites (tertiary alicyclic amines) is 1. The molecule has 1 aliphatic heterocycles. The minimum absolute atomic E-state index is 0.00495. The molecule has 4 rings (SSSR count). The fourth-order valence-electron chi connectivity index (χ4n) is 4.56. The number of thiophene rings is 1. The van der Waals surface area contributed by atoms with E-state index in [1.54, 1.807) is 32.4 Å². The van der Waals surface area contributed by atoms with Gasteiger partial charge < -0.3 is 19.9 Å². The number of aromatic nitrogens is 2. The van der Waals surface area contributed by atoms with Gasteiger partial charge in [-0.2, -0.15) is 0 Å². The highest BCUT2D eigenvalue weighted by atomic mass is 32.1. The number of aliphatic hydroxyl groups excluding tert-OH is 1. The molecule has 28 heavy (non-hydrogen) atoms. The Kier molecular flexibility index (Phi) is 5.01. The van der Waals surface area contributed by atoms with Gasteiger partial charge >= 0.3 is 0 Å². The van der Waals surface area contributed by atoms with Crippen molar-refractivity contribution in [2.75, 3.05) is 13.1 Å². The van der Waals surface area contributed by atoms with Gasteiger partial charge in [-0.1, -0.05) is 6.07 Å². The average Bonchev–Trinajstić information content (AvgIpc) is 3.39. The Balaban J connectivity index is 1.42. The zero-order valence-corrected chi connectivity index (χ0v) is 16.9. The minimum Gasteiger partial charge on any atom is -0.391 e. The molecule has 2 amide bonds. The molecule has 2 N–H and O–H groups in total. The molecule has 2 aliphatic rings. The van der Waals surface area contributed by atoms with Crippen molar-refractivity contribution in [3.8, 4) is 0 Å². The van der Waals surface area contributed by atoms with Crippen LogP contribution in [0.3, 0.4) is 0 Å². The number of nitrogens with one attached hydrogen (secondary N) is 1. The number of amides is 2. The SMILES string of the molecule is CC(C)(NC(=O)c1cccs1)C(=O)N1C[C@H]2C[C@@H](n3ccnc3)[C@H](O)C[C@H]2C1. The Morgan fingerprint density at radius 1 is 1.29 bits per heavy atom. The molecule has 0 bridgehead atoms. The summed E-state index contributed by atoms with van der Waals surface area (Å²) in [7, 11) is 0. The van der Waals surface area contributed by atoms with E-state index >= 15 is 0 Å². The highest BCUT2D eigenvalue weighted by molar-refractivity contribution is 7.12. The maximum Gasteiger partial charge on any atom is 0.262 e. The summed E-state index contributed by atoms with van der Waals surface area (Å²) in [5.74, 6) is 0.354. The van der Waals surface area contributed by atoms with Gasteiger partial charge in [0.15, 0.2) is 0 Å². The summed E-state index contributed by atoms with van der Waals surface area (Å²) in [6.45, 7) is 4.81. The van der Waals surface area contributed by atoms with Gasteiger partial charge in [0.05, 0.1) is 23.4 Å². The lowest BCUT2D eigenvalue weighted by Gasteiger charge is -2.35. The van der Waals surface area contributed by atoms with Gasteiger partial charge in [-0.15, -0.1) is 11.3 Å². The van der Waals surface area contributed by atoms with Crippen molar-refractivity contribution in [3.05, 3.63) is 41.1 Å². The molecular weight excluding hydrogens is 376 g/mol. The van der Waals surface area contributed by atoms with Crippen molar-refractivity contribution in [1.82, 2.24) is 19.8 Å². The van der Waals surface area contributed by atoms with Crippen molar-refractivity contribution < 1.29 is 14.7 Å². The van der Waals surface area contributed by atoms with Gasteiger partial charge in [-0.05, 0) is 50.0 Å². The summed E-state index contributed by atoms with van der Waals surface area (Å²) >= 11 is 1.36. The highest BCUT2D eigenvalue weighted by Crippen LogP contribution is 2.41. The molecule has 0 unspecified atom stereocenters. The van der Waals surface area contributed by atoms with E-state index in [2.05, 4.69) is 10.3 Å². The number of hydrogen-bond acceptors (Lipinski definition) is 5. The Hall–Kier alpha value is -2.19. The second-order valence-electron chi connectivity index (χ2n) is 8.40. The van der Waals surface area contributed by atoms with E-state index in [9.17, 15) is 14.7 Å². The number of fused-ring (bicyclic) bond motifs is 1. The fraction of sp³-hybridized carbons (Fsp3) is 0.550. The molecule has 2 aromatic heterocycles. The number of nitrogens with zero attached hydrogens (tertiary/aromatic N) is 3. The van der Waals surface area contributed by atoms with Crippen molar-refractivity contribution in [3.63, 3.8) is 0 Å². The molecule has 0 aromatic carbocycles. The second kappa shape index (κ2) is 7.33. The normalized spacial score (nSPS) is 27.5. The first kappa shape index (κ1) is 19.1. The Labute approximate surface area is 168 Å². The molecule has 0 radical (unpaired) electrons. The summed E-state index contributed by atoms with van der Waals surface area (Å²) in [5.41, 5.74) is -0.975. The molecule has 0 spiro atoms. The van der Waals surface area contributed by atoms with Gasteiger partial charge in [0, 0.05) is 25.5 Å². The van der Waals surface area contributed by atoms with E-state index in [-0.39, 0.29) is 17.9 Å². The smallest absolute Gasteiger partial charge is 0.262 e. The predicted molar refractivity (Wildman–Crippen MR) is 106 cm³/mol. The molecule has 7 nitrogen and oxygen atoms in total. The van der Waals surface area contributed by atoms with Crippen LogP contribution in [0.25, 0.3) is 0 Å². The molecule has 3 heterocycles. The number of imidazole rings is 1.